The van der Waals surface area contributed by atoms with Gasteiger partial charge in [0.25, 0.3) is 0 Å². The molecule has 0 spiro atoms. The van der Waals surface area contributed by atoms with E-state index >= 15 is 0 Å². The number of anilines is 1. The number of hydrogen-bond donors (Lipinski definition) is 1. The second-order valence-electron chi connectivity index (χ2n) is 7.84. The number of aromatic nitrogens is 1. The molecule has 1 aliphatic carbocycles. The Morgan fingerprint density at radius 2 is 1.68 bits per heavy atom. The molecule has 1 heterocycles. The summed E-state index contributed by atoms with van der Waals surface area (Å²) in [6.07, 6.45) is 8.26. The zero-order valence-electron chi connectivity index (χ0n) is 15.9. The first-order valence-electron chi connectivity index (χ1n) is 10.1. The highest BCUT2D eigenvalue weighted by atomic mass is 35.5. The topological polar surface area (TPSA) is 42.0 Å². The number of carbonyl (C=O) groups excluding carboxylic acids is 1. The molecule has 1 fully saturated rings. The Morgan fingerprint density at radius 1 is 0.964 bits per heavy atom. The van der Waals surface area contributed by atoms with Gasteiger partial charge in [-0.15, -0.1) is 0 Å². The molecule has 0 atom stereocenters. The first-order valence-corrected chi connectivity index (χ1v) is 10.4. The summed E-state index contributed by atoms with van der Waals surface area (Å²) in [4.78, 5) is 16.8. The first-order chi connectivity index (χ1) is 13.7. The smallest absolute Gasteiger partial charge is 0.224 e. The summed E-state index contributed by atoms with van der Waals surface area (Å²) >= 11 is 5.89. The van der Waals surface area contributed by atoms with Crippen LogP contribution in [0.1, 0.15) is 37.7 Å². The van der Waals surface area contributed by atoms with Gasteiger partial charge in [0.2, 0.25) is 5.91 Å². The molecule has 1 amide bonds. The van der Waals surface area contributed by atoms with Crippen molar-refractivity contribution in [2.45, 2.75) is 38.5 Å². The van der Waals surface area contributed by atoms with Gasteiger partial charge in [-0.25, -0.2) is 0 Å². The molecule has 3 nitrogen and oxygen atoms in total. The van der Waals surface area contributed by atoms with Crippen molar-refractivity contribution < 1.29 is 4.79 Å². The lowest BCUT2D eigenvalue weighted by molar-refractivity contribution is -0.117. The number of rotatable bonds is 5. The largest absolute Gasteiger partial charge is 0.326 e. The number of nitrogens with zero attached hydrogens (tertiary/aromatic N) is 1. The van der Waals surface area contributed by atoms with Crippen molar-refractivity contribution in [3.8, 4) is 0 Å². The van der Waals surface area contributed by atoms with E-state index in [2.05, 4.69) is 34.6 Å². The third-order valence-corrected chi connectivity index (χ3v) is 6.07. The molecule has 0 saturated heterocycles. The summed E-state index contributed by atoms with van der Waals surface area (Å²) in [6.45, 7) is 0. The van der Waals surface area contributed by atoms with Crippen LogP contribution in [0.15, 0.2) is 60.8 Å². The van der Waals surface area contributed by atoms with Gasteiger partial charge in [-0.2, -0.15) is 0 Å². The van der Waals surface area contributed by atoms with Crippen LogP contribution in [0, 0.1) is 11.8 Å². The summed E-state index contributed by atoms with van der Waals surface area (Å²) in [6, 6.07) is 17.8. The fourth-order valence-corrected chi connectivity index (χ4v) is 4.42. The second kappa shape index (κ2) is 8.74. The van der Waals surface area contributed by atoms with E-state index in [0.717, 1.165) is 30.5 Å². The van der Waals surface area contributed by atoms with E-state index in [4.69, 9.17) is 11.6 Å². The van der Waals surface area contributed by atoms with E-state index in [0.29, 0.717) is 23.3 Å². The summed E-state index contributed by atoms with van der Waals surface area (Å²) in [5.41, 5.74) is 3.29. The van der Waals surface area contributed by atoms with E-state index in [1.54, 1.807) is 12.1 Å². The number of para-hydroxylation sites is 1. The molecule has 144 valence electrons. The maximum atomic E-state index is 12.3. The molecule has 3 aromatic rings. The Morgan fingerprint density at radius 3 is 2.46 bits per heavy atom. The Balaban J connectivity index is 1.28. The molecule has 28 heavy (non-hydrogen) atoms. The number of pyridine rings is 1. The van der Waals surface area contributed by atoms with Crippen LogP contribution in [0.25, 0.3) is 10.9 Å². The third-order valence-electron chi connectivity index (χ3n) is 5.82. The SMILES string of the molecule is O=C(CC1CCC(Cc2ccnc3ccccc23)CC1)Nc1ccc(Cl)cc1. The van der Waals surface area contributed by atoms with Gasteiger partial charge in [0.15, 0.2) is 0 Å². The number of amides is 1. The molecule has 4 rings (SSSR count). The van der Waals surface area contributed by atoms with E-state index in [9.17, 15) is 4.79 Å². The molecule has 0 radical (unpaired) electrons. The van der Waals surface area contributed by atoms with Crippen LogP contribution < -0.4 is 5.32 Å². The molecule has 1 saturated carbocycles. The van der Waals surface area contributed by atoms with Gasteiger partial charge in [-0.05, 0) is 85.9 Å². The Hall–Kier alpha value is -2.39. The van der Waals surface area contributed by atoms with Crippen molar-refractivity contribution >= 4 is 34.1 Å². The minimum absolute atomic E-state index is 0.103. The fraction of sp³-hybridized carbons (Fsp3) is 0.333. The van der Waals surface area contributed by atoms with Crippen molar-refractivity contribution in [1.82, 2.24) is 4.98 Å². The lowest BCUT2D eigenvalue weighted by Crippen LogP contribution is -2.22. The lowest BCUT2D eigenvalue weighted by atomic mass is 9.78. The molecule has 1 aromatic heterocycles. The van der Waals surface area contributed by atoms with Crippen molar-refractivity contribution in [3.05, 3.63) is 71.4 Å². The summed E-state index contributed by atoms with van der Waals surface area (Å²) < 4.78 is 0. The van der Waals surface area contributed by atoms with Crippen LogP contribution in [0.2, 0.25) is 5.02 Å². The van der Waals surface area contributed by atoms with Crippen LogP contribution in [0.4, 0.5) is 5.69 Å². The van der Waals surface area contributed by atoms with E-state index in [1.807, 2.05) is 24.4 Å². The second-order valence-corrected chi connectivity index (χ2v) is 8.27. The van der Waals surface area contributed by atoms with Gasteiger partial charge in [0.05, 0.1) is 5.52 Å². The zero-order chi connectivity index (χ0) is 19.3. The molecule has 0 unspecified atom stereocenters. The van der Waals surface area contributed by atoms with Crippen LogP contribution in [-0.2, 0) is 11.2 Å². The average Bonchev–Trinajstić information content (AvgIpc) is 2.71. The number of halogens is 1. The predicted molar refractivity (Wildman–Crippen MR) is 116 cm³/mol. The summed E-state index contributed by atoms with van der Waals surface area (Å²) in [5.74, 6) is 1.28. The fourth-order valence-electron chi connectivity index (χ4n) is 4.29. The predicted octanol–water partition coefficient (Wildman–Crippen LogP) is 6.27. The average molecular weight is 393 g/mol. The van der Waals surface area contributed by atoms with Crippen LogP contribution >= 0.6 is 11.6 Å². The number of fused-ring (bicyclic) bond motifs is 1. The maximum absolute atomic E-state index is 12.3. The number of hydrogen-bond acceptors (Lipinski definition) is 2. The van der Waals surface area contributed by atoms with Crippen LogP contribution in [0.5, 0.6) is 0 Å². The molecule has 4 heteroatoms. The number of carbonyl (C=O) groups is 1. The van der Waals surface area contributed by atoms with E-state index in [-0.39, 0.29) is 5.91 Å². The maximum Gasteiger partial charge on any atom is 0.224 e. The van der Waals surface area contributed by atoms with Gasteiger partial charge in [0.1, 0.15) is 0 Å². The summed E-state index contributed by atoms with van der Waals surface area (Å²) in [7, 11) is 0. The monoisotopic (exact) mass is 392 g/mol. The van der Waals surface area contributed by atoms with Crippen molar-refractivity contribution in [2.75, 3.05) is 5.32 Å². The van der Waals surface area contributed by atoms with Gasteiger partial charge in [0, 0.05) is 28.7 Å². The van der Waals surface area contributed by atoms with Crippen molar-refractivity contribution in [2.24, 2.45) is 11.8 Å². The first kappa shape index (κ1) is 18.9. The van der Waals surface area contributed by atoms with Gasteiger partial charge < -0.3 is 5.32 Å². The van der Waals surface area contributed by atoms with E-state index < -0.39 is 0 Å². The van der Waals surface area contributed by atoms with Crippen LogP contribution in [-0.4, -0.2) is 10.9 Å². The number of nitrogens with one attached hydrogen (secondary N) is 1. The minimum atomic E-state index is 0.103. The van der Waals surface area contributed by atoms with E-state index in [1.165, 1.54) is 23.8 Å². The Kier molecular flexibility index (Phi) is 5.92. The zero-order valence-corrected chi connectivity index (χ0v) is 16.7. The highest BCUT2D eigenvalue weighted by Gasteiger charge is 2.23. The lowest BCUT2D eigenvalue weighted by Gasteiger charge is -2.28. The molecule has 0 aliphatic heterocycles. The minimum Gasteiger partial charge on any atom is -0.326 e. The van der Waals surface area contributed by atoms with Gasteiger partial charge in [-0.1, -0.05) is 29.8 Å². The standard InChI is InChI=1S/C24H25ClN2O/c25-20-9-11-21(12-10-20)27-24(28)16-18-7-5-17(6-8-18)15-19-13-14-26-23-4-2-1-3-22(19)23/h1-4,9-14,17-18H,5-8,15-16H2,(H,27,28). The molecule has 0 bridgehead atoms. The molecular formula is C24H25ClN2O. The number of benzene rings is 2. The summed E-state index contributed by atoms with van der Waals surface area (Å²) in [5, 5.41) is 4.93. The highest BCUT2D eigenvalue weighted by molar-refractivity contribution is 6.30. The normalized spacial score (nSPS) is 19.5. The van der Waals surface area contributed by atoms with Crippen molar-refractivity contribution in [1.29, 1.82) is 0 Å². The third kappa shape index (κ3) is 4.71. The quantitative estimate of drug-likeness (QED) is 0.556. The molecule has 2 aromatic carbocycles. The Bertz CT molecular complexity index is 941. The Labute approximate surface area is 171 Å². The molecule has 1 N–H and O–H groups in total. The highest BCUT2D eigenvalue weighted by Crippen LogP contribution is 2.34. The van der Waals surface area contributed by atoms with Crippen molar-refractivity contribution in [3.63, 3.8) is 0 Å². The molecular weight excluding hydrogens is 368 g/mol. The van der Waals surface area contributed by atoms with Crippen LogP contribution in [0.3, 0.4) is 0 Å². The van der Waals surface area contributed by atoms with Gasteiger partial charge in [-0.3, -0.25) is 9.78 Å². The van der Waals surface area contributed by atoms with Gasteiger partial charge >= 0.3 is 0 Å². The molecule has 1 aliphatic rings.